The van der Waals surface area contributed by atoms with Crippen LogP contribution in [0.3, 0.4) is 0 Å². The number of benzene rings is 1. The highest BCUT2D eigenvalue weighted by Gasteiger charge is 2.46. The molecule has 0 bridgehead atoms. The number of aromatic nitrogens is 1. The van der Waals surface area contributed by atoms with Gasteiger partial charge in [0.05, 0.1) is 0 Å². The standard InChI is InChI=1S/C14H16N4O3/c1-3-14(2)12(19)18(13(20)17-14)7-11-16-9-6-8(15)4-5-10(9)21-11/h4-6H,3,7,15H2,1-2H3,(H,17,20). The van der Waals surface area contributed by atoms with Crippen molar-refractivity contribution in [3.63, 3.8) is 0 Å². The van der Waals surface area contributed by atoms with E-state index in [1.54, 1.807) is 25.1 Å². The van der Waals surface area contributed by atoms with Crippen LogP contribution in [0.4, 0.5) is 10.5 Å². The van der Waals surface area contributed by atoms with Gasteiger partial charge in [-0.25, -0.2) is 9.78 Å². The van der Waals surface area contributed by atoms with Crippen LogP contribution in [0.15, 0.2) is 22.6 Å². The zero-order valence-corrected chi connectivity index (χ0v) is 11.8. The summed E-state index contributed by atoms with van der Waals surface area (Å²) in [6.45, 7) is 3.57. The highest BCUT2D eigenvalue weighted by atomic mass is 16.3. The molecule has 3 amide bonds. The van der Waals surface area contributed by atoms with E-state index < -0.39 is 11.6 Å². The molecule has 3 rings (SSSR count). The maximum absolute atomic E-state index is 12.3. The lowest BCUT2D eigenvalue weighted by molar-refractivity contribution is -0.131. The number of amides is 3. The van der Waals surface area contributed by atoms with Crippen molar-refractivity contribution in [3.8, 4) is 0 Å². The van der Waals surface area contributed by atoms with Crippen LogP contribution in [-0.4, -0.2) is 27.4 Å². The average Bonchev–Trinajstić information content (AvgIpc) is 2.93. The summed E-state index contributed by atoms with van der Waals surface area (Å²) < 4.78 is 5.54. The van der Waals surface area contributed by atoms with Crippen LogP contribution in [0.2, 0.25) is 0 Å². The number of oxazole rings is 1. The Morgan fingerprint density at radius 2 is 2.19 bits per heavy atom. The summed E-state index contributed by atoms with van der Waals surface area (Å²) in [6, 6.07) is 4.68. The summed E-state index contributed by atoms with van der Waals surface area (Å²) in [5.74, 6) is 0.0382. The maximum Gasteiger partial charge on any atom is 0.325 e. The van der Waals surface area contributed by atoms with Gasteiger partial charge >= 0.3 is 6.03 Å². The van der Waals surface area contributed by atoms with E-state index in [-0.39, 0.29) is 12.5 Å². The van der Waals surface area contributed by atoms with Gasteiger partial charge in [0, 0.05) is 5.69 Å². The van der Waals surface area contributed by atoms with Gasteiger partial charge in [0.2, 0.25) is 5.89 Å². The third kappa shape index (κ3) is 2.10. The second kappa shape index (κ2) is 4.47. The minimum Gasteiger partial charge on any atom is -0.439 e. The molecule has 7 nitrogen and oxygen atoms in total. The maximum atomic E-state index is 12.3. The van der Waals surface area contributed by atoms with E-state index in [9.17, 15) is 9.59 Å². The number of anilines is 1. The van der Waals surface area contributed by atoms with Gasteiger partial charge in [0.25, 0.3) is 5.91 Å². The van der Waals surface area contributed by atoms with Gasteiger partial charge in [-0.1, -0.05) is 6.92 Å². The van der Waals surface area contributed by atoms with E-state index >= 15 is 0 Å². The van der Waals surface area contributed by atoms with E-state index in [0.717, 1.165) is 4.90 Å². The summed E-state index contributed by atoms with van der Waals surface area (Å²) in [5.41, 5.74) is 6.59. The first-order valence-electron chi connectivity index (χ1n) is 6.72. The van der Waals surface area contributed by atoms with Crippen molar-refractivity contribution in [2.45, 2.75) is 32.4 Å². The lowest BCUT2D eigenvalue weighted by Crippen LogP contribution is -2.43. The molecule has 0 saturated carbocycles. The van der Waals surface area contributed by atoms with Crippen molar-refractivity contribution in [2.75, 3.05) is 5.73 Å². The third-order valence-electron chi connectivity index (χ3n) is 3.80. The van der Waals surface area contributed by atoms with Crippen LogP contribution in [0.25, 0.3) is 11.1 Å². The number of nitrogens with zero attached hydrogens (tertiary/aromatic N) is 2. The summed E-state index contributed by atoms with van der Waals surface area (Å²) in [4.78, 5) is 29.6. The molecule has 2 heterocycles. The number of urea groups is 1. The Morgan fingerprint density at radius 1 is 1.43 bits per heavy atom. The van der Waals surface area contributed by atoms with Crippen LogP contribution in [0.5, 0.6) is 0 Å². The Labute approximate surface area is 121 Å². The van der Waals surface area contributed by atoms with Gasteiger partial charge in [0.1, 0.15) is 17.6 Å². The summed E-state index contributed by atoms with van der Waals surface area (Å²) in [6.07, 6.45) is 0.526. The Kier molecular flexibility index (Phi) is 2.86. The van der Waals surface area contributed by atoms with E-state index in [1.165, 1.54) is 0 Å². The molecular weight excluding hydrogens is 272 g/mol. The molecule has 0 aliphatic carbocycles. The zero-order chi connectivity index (χ0) is 15.2. The second-order valence-corrected chi connectivity index (χ2v) is 5.34. The van der Waals surface area contributed by atoms with Gasteiger partial charge in [-0.05, 0) is 31.5 Å². The van der Waals surface area contributed by atoms with Gasteiger partial charge in [-0.2, -0.15) is 0 Å². The number of imide groups is 1. The molecule has 1 atom stereocenters. The predicted octanol–water partition coefficient (Wildman–Crippen LogP) is 1.63. The van der Waals surface area contributed by atoms with Crippen molar-refractivity contribution < 1.29 is 14.0 Å². The van der Waals surface area contributed by atoms with Crippen molar-refractivity contribution in [3.05, 3.63) is 24.1 Å². The molecule has 1 fully saturated rings. The molecule has 7 heteroatoms. The number of nitrogens with two attached hydrogens (primary N) is 1. The van der Waals surface area contributed by atoms with E-state index in [0.29, 0.717) is 29.1 Å². The molecule has 110 valence electrons. The fourth-order valence-corrected chi connectivity index (χ4v) is 2.33. The minimum atomic E-state index is -0.854. The van der Waals surface area contributed by atoms with Crippen LogP contribution in [-0.2, 0) is 11.3 Å². The molecule has 21 heavy (non-hydrogen) atoms. The van der Waals surface area contributed by atoms with E-state index in [4.69, 9.17) is 10.2 Å². The van der Waals surface area contributed by atoms with Crippen molar-refractivity contribution >= 4 is 28.7 Å². The van der Waals surface area contributed by atoms with Crippen LogP contribution in [0.1, 0.15) is 26.2 Å². The minimum absolute atomic E-state index is 0.00877. The molecule has 0 radical (unpaired) electrons. The topological polar surface area (TPSA) is 101 Å². The van der Waals surface area contributed by atoms with Gasteiger partial charge in [-0.3, -0.25) is 9.69 Å². The fourth-order valence-electron chi connectivity index (χ4n) is 2.33. The van der Waals surface area contributed by atoms with Crippen molar-refractivity contribution in [1.82, 2.24) is 15.2 Å². The number of hydrogen-bond donors (Lipinski definition) is 2. The number of fused-ring (bicyclic) bond motifs is 1. The molecule has 1 aromatic heterocycles. The molecule has 3 N–H and O–H groups in total. The van der Waals surface area contributed by atoms with E-state index in [2.05, 4.69) is 10.3 Å². The second-order valence-electron chi connectivity index (χ2n) is 5.34. The van der Waals surface area contributed by atoms with Crippen molar-refractivity contribution in [1.29, 1.82) is 0 Å². The Morgan fingerprint density at radius 3 is 2.86 bits per heavy atom. The quantitative estimate of drug-likeness (QED) is 0.660. The average molecular weight is 288 g/mol. The SMILES string of the molecule is CCC1(C)NC(=O)N(Cc2nc3cc(N)ccc3o2)C1=O. The number of nitrogens with one attached hydrogen (secondary N) is 1. The molecule has 0 spiro atoms. The first-order valence-corrected chi connectivity index (χ1v) is 6.72. The normalized spacial score (nSPS) is 22.1. The predicted molar refractivity (Wildman–Crippen MR) is 76.2 cm³/mol. The van der Waals surface area contributed by atoms with Crippen LogP contribution >= 0.6 is 0 Å². The largest absolute Gasteiger partial charge is 0.439 e. The molecule has 1 aromatic carbocycles. The van der Waals surface area contributed by atoms with Gasteiger partial charge < -0.3 is 15.5 Å². The molecule has 1 saturated heterocycles. The number of carbonyl (C=O) groups excluding carboxylic acids is 2. The van der Waals surface area contributed by atoms with E-state index in [1.807, 2.05) is 6.92 Å². The molecular formula is C14H16N4O3. The summed E-state index contributed by atoms with van der Waals surface area (Å²) in [5, 5.41) is 2.69. The van der Waals surface area contributed by atoms with Crippen molar-refractivity contribution in [2.24, 2.45) is 0 Å². The highest BCUT2D eigenvalue weighted by Crippen LogP contribution is 2.24. The molecule has 1 aliphatic rings. The number of rotatable bonds is 3. The first-order chi connectivity index (χ1) is 9.93. The third-order valence-corrected chi connectivity index (χ3v) is 3.80. The number of hydrogen-bond acceptors (Lipinski definition) is 5. The fraction of sp³-hybridized carbons (Fsp3) is 0.357. The Bertz CT molecular complexity index is 739. The number of nitrogen functional groups attached to an aromatic ring is 1. The Hall–Kier alpha value is -2.57. The van der Waals surface area contributed by atoms with Gasteiger partial charge in [-0.15, -0.1) is 0 Å². The van der Waals surface area contributed by atoms with Crippen LogP contribution < -0.4 is 11.1 Å². The van der Waals surface area contributed by atoms with Crippen LogP contribution in [0, 0.1) is 0 Å². The molecule has 1 aliphatic heterocycles. The summed E-state index contributed by atoms with van der Waals surface area (Å²) in [7, 11) is 0. The zero-order valence-electron chi connectivity index (χ0n) is 11.8. The molecule has 1 unspecified atom stereocenters. The lowest BCUT2D eigenvalue weighted by atomic mass is 9.99. The monoisotopic (exact) mass is 288 g/mol. The molecule has 2 aromatic rings. The number of carbonyl (C=O) groups is 2. The highest BCUT2D eigenvalue weighted by molar-refractivity contribution is 6.06. The van der Waals surface area contributed by atoms with Gasteiger partial charge in [0.15, 0.2) is 5.58 Å². The first kappa shape index (κ1) is 13.4. The smallest absolute Gasteiger partial charge is 0.325 e. The summed E-state index contributed by atoms with van der Waals surface area (Å²) >= 11 is 0. The Balaban J connectivity index is 1.88. The lowest BCUT2D eigenvalue weighted by Gasteiger charge is -2.18.